The van der Waals surface area contributed by atoms with Crippen molar-refractivity contribution < 1.29 is 42.3 Å². The van der Waals surface area contributed by atoms with Crippen LogP contribution in [0.1, 0.15) is 66.2 Å². The Kier molecular flexibility index (Phi) is 15.0. The number of methoxy groups -OCH3 is 1. The van der Waals surface area contributed by atoms with Crippen LogP contribution in [0.5, 0.6) is 0 Å². The Morgan fingerprint density at radius 1 is 0.875 bits per heavy atom. The molecule has 0 aromatic carbocycles. The van der Waals surface area contributed by atoms with E-state index < -0.39 is 42.5 Å². The zero-order valence-corrected chi connectivity index (χ0v) is 20.4. The fourth-order valence-corrected chi connectivity index (χ4v) is 3.49. The molecule has 1 saturated heterocycles. The second-order valence-electron chi connectivity index (χ2n) is 8.29. The van der Waals surface area contributed by atoms with Gasteiger partial charge in [0.15, 0.2) is 6.10 Å². The van der Waals surface area contributed by atoms with Crippen LogP contribution in [-0.2, 0) is 28.4 Å². The first-order valence-corrected chi connectivity index (χ1v) is 12.0. The van der Waals surface area contributed by atoms with E-state index >= 15 is 8.78 Å². The highest BCUT2D eigenvalue weighted by atomic mass is 19.3. The van der Waals surface area contributed by atoms with Crippen LogP contribution in [0.15, 0.2) is 0 Å². The summed E-state index contributed by atoms with van der Waals surface area (Å²) in [5.41, 5.74) is 0. The molecule has 0 spiro atoms. The molecule has 32 heavy (non-hydrogen) atoms. The Labute approximate surface area is 192 Å². The lowest BCUT2D eigenvalue weighted by atomic mass is 9.89. The van der Waals surface area contributed by atoms with Gasteiger partial charge in [0, 0.05) is 26.9 Å². The number of rotatable bonds is 18. The summed E-state index contributed by atoms with van der Waals surface area (Å²) in [4.78, 5) is 0. The quantitative estimate of drug-likeness (QED) is 0.240. The van der Waals surface area contributed by atoms with E-state index in [0.29, 0.717) is 19.8 Å². The highest BCUT2D eigenvalue weighted by Gasteiger charge is 2.59. The number of unbranched alkanes of at least 4 members (excludes halogenated alkanes) is 3. The summed E-state index contributed by atoms with van der Waals surface area (Å²) in [5.74, 6) is -3.57. The monoisotopic (exact) mass is 470 g/mol. The number of aliphatic hydroxyl groups excluding tert-OH is 1. The standard InChI is InChI=1S/C23H44F2O7/c1-6-9-12-28-15-18-19(29-13-10-7-2)20(30-14-11-8-3)21(31-16-27-5)22(32-18)23(24,25)17(4)26/h17-22,26H,6-16H2,1-5H3/t17?,18-,19+,20+,21-,22+/m1/s1. The largest absolute Gasteiger partial charge is 0.387 e. The second kappa shape index (κ2) is 16.2. The smallest absolute Gasteiger partial charge is 0.301 e. The fraction of sp³-hybridized carbons (Fsp3) is 1.00. The number of hydrogen-bond donors (Lipinski definition) is 1. The molecule has 7 nitrogen and oxygen atoms in total. The Morgan fingerprint density at radius 3 is 1.97 bits per heavy atom. The number of alkyl halides is 2. The molecule has 6 atom stereocenters. The maximum atomic E-state index is 15.1. The molecule has 0 saturated carbocycles. The Hall–Kier alpha value is -0.420. The summed E-state index contributed by atoms with van der Waals surface area (Å²) < 4.78 is 64.6. The summed E-state index contributed by atoms with van der Waals surface area (Å²) in [7, 11) is 1.41. The zero-order chi connectivity index (χ0) is 24.0. The van der Waals surface area contributed by atoms with Gasteiger partial charge in [0.2, 0.25) is 0 Å². The molecule has 9 heteroatoms. The SMILES string of the molecule is CCCCOC[C@H]1O[C@H](C(F)(F)C(C)O)[C@H](OCOC)[C@@H](OCCCC)[C@H]1OCCCC. The molecule has 1 rings (SSSR count). The highest BCUT2D eigenvalue weighted by Crippen LogP contribution is 2.38. The Balaban J connectivity index is 3.23. The predicted octanol–water partition coefficient (Wildman–Crippen LogP) is 3.95. The number of halogens is 2. The third-order valence-corrected chi connectivity index (χ3v) is 5.49. The van der Waals surface area contributed by atoms with Gasteiger partial charge in [0.25, 0.3) is 0 Å². The average molecular weight is 471 g/mol. The van der Waals surface area contributed by atoms with E-state index in [1.807, 2.05) is 20.8 Å². The van der Waals surface area contributed by atoms with Crippen LogP contribution in [0, 0.1) is 0 Å². The molecule has 0 aliphatic carbocycles. The summed E-state index contributed by atoms with van der Waals surface area (Å²) >= 11 is 0. The minimum Gasteiger partial charge on any atom is -0.387 e. The van der Waals surface area contributed by atoms with Crippen molar-refractivity contribution in [1.82, 2.24) is 0 Å². The minimum atomic E-state index is -3.57. The summed E-state index contributed by atoms with van der Waals surface area (Å²) in [5, 5.41) is 9.83. The van der Waals surface area contributed by atoms with Gasteiger partial charge < -0.3 is 33.5 Å². The summed E-state index contributed by atoms with van der Waals surface area (Å²) in [6.45, 7) is 8.35. The highest BCUT2D eigenvalue weighted by molar-refractivity contribution is 5.01. The lowest BCUT2D eigenvalue weighted by molar-refractivity contribution is -0.323. The molecule has 0 aromatic rings. The van der Waals surface area contributed by atoms with Crippen LogP contribution in [-0.4, -0.2) is 88.0 Å². The molecule has 0 bridgehead atoms. The van der Waals surface area contributed by atoms with Crippen molar-refractivity contribution in [3.63, 3.8) is 0 Å². The van der Waals surface area contributed by atoms with Crippen molar-refractivity contribution in [1.29, 1.82) is 0 Å². The first-order chi connectivity index (χ1) is 15.3. The van der Waals surface area contributed by atoms with Crippen LogP contribution < -0.4 is 0 Å². The van der Waals surface area contributed by atoms with Crippen LogP contribution in [0.25, 0.3) is 0 Å². The maximum Gasteiger partial charge on any atom is 0.301 e. The second-order valence-corrected chi connectivity index (χ2v) is 8.29. The van der Waals surface area contributed by atoms with Gasteiger partial charge in [-0.3, -0.25) is 0 Å². The zero-order valence-electron chi connectivity index (χ0n) is 20.4. The van der Waals surface area contributed by atoms with E-state index in [2.05, 4.69) is 0 Å². The molecule has 1 heterocycles. The molecule has 0 aromatic heterocycles. The topological polar surface area (TPSA) is 75.6 Å². The van der Waals surface area contributed by atoms with Crippen LogP contribution in [0.2, 0.25) is 0 Å². The molecule has 1 aliphatic rings. The van der Waals surface area contributed by atoms with E-state index in [-0.39, 0.29) is 13.4 Å². The van der Waals surface area contributed by atoms with Crippen molar-refractivity contribution in [3.8, 4) is 0 Å². The molecule has 1 fully saturated rings. The summed E-state index contributed by atoms with van der Waals surface area (Å²) in [6, 6.07) is 0. The van der Waals surface area contributed by atoms with E-state index in [4.69, 9.17) is 28.4 Å². The summed E-state index contributed by atoms with van der Waals surface area (Å²) in [6.07, 6.45) is -1.89. The van der Waals surface area contributed by atoms with Gasteiger partial charge >= 0.3 is 5.92 Å². The lowest BCUT2D eigenvalue weighted by Gasteiger charge is -2.48. The minimum absolute atomic E-state index is 0.0911. The molecule has 1 aliphatic heterocycles. The molecular weight excluding hydrogens is 426 g/mol. The van der Waals surface area contributed by atoms with E-state index in [0.717, 1.165) is 45.4 Å². The molecule has 192 valence electrons. The third-order valence-electron chi connectivity index (χ3n) is 5.49. The van der Waals surface area contributed by atoms with Crippen LogP contribution >= 0.6 is 0 Å². The Bertz CT molecular complexity index is 468. The van der Waals surface area contributed by atoms with Crippen molar-refractivity contribution in [2.45, 2.75) is 109 Å². The van der Waals surface area contributed by atoms with Crippen LogP contribution in [0.3, 0.4) is 0 Å². The van der Waals surface area contributed by atoms with Gasteiger partial charge in [0.05, 0.1) is 6.61 Å². The van der Waals surface area contributed by atoms with E-state index in [1.54, 1.807) is 0 Å². The molecular formula is C23H44F2O7. The number of ether oxygens (including phenoxy) is 6. The predicted molar refractivity (Wildman–Crippen MR) is 117 cm³/mol. The maximum absolute atomic E-state index is 15.1. The molecule has 0 amide bonds. The van der Waals surface area contributed by atoms with E-state index in [1.165, 1.54) is 7.11 Å². The lowest BCUT2D eigenvalue weighted by Crippen LogP contribution is -2.67. The van der Waals surface area contributed by atoms with Gasteiger partial charge in [-0.25, -0.2) is 8.78 Å². The molecule has 1 N–H and O–H groups in total. The van der Waals surface area contributed by atoms with Gasteiger partial charge in [-0.15, -0.1) is 0 Å². The van der Waals surface area contributed by atoms with Gasteiger partial charge in [0.1, 0.15) is 37.3 Å². The van der Waals surface area contributed by atoms with E-state index in [9.17, 15) is 5.11 Å². The number of hydrogen-bond acceptors (Lipinski definition) is 7. The Morgan fingerprint density at radius 2 is 1.44 bits per heavy atom. The molecule has 1 unspecified atom stereocenters. The van der Waals surface area contributed by atoms with Crippen molar-refractivity contribution in [2.24, 2.45) is 0 Å². The average Bonchev–Trinajstić information content (AvgIpc) is 2.76. The van der Waals surface area contributed by atoms with Crippen molar-refractivity contribution >= 4 is 0 Å². The first-order valence-electron chi connectivity index (χ1n) is 12.0. The van der Waals surface area contributed by atoms with Crippen LogP contribution in [0.4, 0.5) is 8.78 Å². The first kappa shape index (κ1) is 29.6. The van der Waals surface area contributed by atoms with Gasteiger partial charge in [-0.05, 0) is 26.2 Å². The molecule has 0 radical (unpaired) electrons. The van der Waals surface area contributed by atoms with Crippen molar-refractivity contribution in [2.75, 3.05) is 40.3 Å². The third kappa shape index (κ3) is 9.08. The normalized spacial score (nSPS) is 27.6. The fourth-order valence-electron chi connectivity index (χ4n) is 3.49. The number of aliphatic hydroxyl groups is 1. The van der Waals surface area contributed by atoms with Gasteiger partial charge in [-0.2, -0.15) is 0 Å². The van der Waals surface area contributed by atoms with Crippen molar-refractivity contribution in [3.05, 3.63) is 0 Å². The van der Waals surface area contributed by atoms with Gasteiger partial charge in [-0.1, -0.05) is 40.0 Å².